The number of thiocarbonyl (C=S) groups is 1. The van der Waals surface area contributed by atoms with Crippen molar-refractivity contribution in [2.75, 3.05) is 4.90 Å². The van der Waals surface area contributed by atoms with Gasteiger partial charge in [-0.2, -0.15) is 0 Å². The van der Waals surface area contributed by atoms with E-state index in [9.17, 15) is 5.11 Å². The summed E-state index contributed by atoms with van der Waals surface area (Å²) in [4.78, 5) is 11.0. The molecule has 0 aliphatic carbocycles. The summed E-state index contributed by atoms with van der Waals surface area (Å²) in [7, 11) is 0. The maximum absolute atomic E-state index is 9.79. The fraction of sp³-hybridized carbons (Fsp3) is 0.125. The largest absolute Gasteiger partial charge is 0.508 e. The van der Waals surface area contributed by atoms with E-state index < -0.39 is 0 Å². The van der Waals surface area contributed by atoms with Gasteiger partial charge in [0.1, 0.15) is 11.8 Å². The Morgan fingerprint density at radius 3 is 2.48 bits per heavy atom. The number of phenols is 1. The van der Waals surface area contributed by atoms with Crippen molar-refractivity contribution in [1.29, 1.82) is 0 Å². The Morgan fingerprint density at radius 2 is 1.77 bits per heavy atom. The van der Waals surface area contributed by atoms with Gasteiger partial charge in [-0.3, -0.25) is 9.97 Å². The number of nitrogens with one attached hydrogen (secondary N) is 1. The summed E-state index contributed by atoms with van der Waals surface area (Å²) in [5, 5.41) is 13.9. The predicted octanol–water partition coefficient (Wildman–Crippen LogP) is 4.46. The molecule has 31 heavy (non-hydrogen) atoms. The zero-order valence-electron chi connectivity index (χ0n) is 16.9. The van der Waals surface area contributed by atoms with Crippen LogP contribution in [0.1, 0.15) is 29.2 Å². The van der Waals surface area contributed by atoms with Crippen LogP contribution in [0.25, 0.3) is 5.69 Å². The highest BCUT2D eigenvalue weighted by atomic mass is 32.1. The van der Waals surface area contributed by atoms with Crippen molar-refractivity contribution in [3.8, 4) is 11.4 Å². The van der Waals surface area contributed by atoms with E-state index in [0.717, 1.165) is 28.5 Å². The Kier molecular flexibility index (Phi) is 4.88. The van der Waals surface area contributed by atoms with E-state index in [-0.39, 0.29) is 17.8 Å². The van der Waals surface area contributed by atoms with Crippen LogP contribution in [0.5, 0.6) is 5.75 Å². The quantitative estimate of drug-likeness (QED) is 0.469. The molecule has 1 aliphatic rings. The van der Waals surface area contributed by atoms with Crippen LogP contribution < -0.4 is 10.2 Å². The summed E-state index contributed by atoms with van der Waals surface area (Å²) in [5.41, 5.74) is 4.97. The SMILES string of the molecule is Cc1ccc(C2C(c3ccccn3)NC(=S)N2c2ccc(O)cc2)n1-c1cccnc1. The standard InChI is InChI=1S/C24H21N5OS/c1-16-7-12-21(28(16)18-5-4-13-25-15-18)23-22(20-6-2-3-14-26-20)27-24(31)29(23)17-8-10-19(30)11-9-17/h2-15,22-23,30H,1H3,(H,27,31). The highest BCUT2D eigenvalue weighted by Gasteiger charge is 2.42. The molecule has 5 rings (SSSR count). The molecule has 0 amide bonds. The second kappa shape index (κ2) is 7.85. The molecule has 3 aromatic heterocycles. The zero-order valence-corrected chi connectivity index (χ0v) is 17.7. The molecular weight excluding hydrogens is 406 g/mol. The van der Waals surface area contributed by atoms with Crippen LogP contribution >= 0.6 is 12.2 Å². The van der Waals surface area contributed by atoms with Crippen molar-refractivity contribution in [1.82, 2.24) is 19.9 Å². The molecule has 154 valence electrons. The average Bonchev–Trinajstić information content (AvgIpc) is 3.35. The van der Waals surface area contributed by atoms with Crippen LogP contribution in [0.2, 0.25) is 0 Å². The minimum atomic E-state index is -0.152. The van der Waals surface area contributed by atoms with Gasteiger partial charge in [0, 0.05) is 29.5 Å². The molecule has 1 saturated heterocycles. The number of benzene rings is 1. The second-order valence-corrected chi connectivity index (χ2v) is 7.85. The first-order chi connectivity index (χ1) is 15.1. The first-order valence-corrected chi connectivity index (χ1v) is 10.4. The Balaban J connectivity index is 1.70. The molecule has 0 radical (unpaired) electrons. The Morgan fingerprint density at radius 1 is 0.935 bits per heavy atom. The van der Waals surface area contributed by atoms with Crippen LogP contribution in [-0.4, -0.2) is 24.8 Å². The first kappa shape index (κ1) is 19.3. The highest BCUT2D eigenvalue weighted by Crippen LogP contribution is 2.42. The smallest absolute Gasteiger partial charge is 0.174 e. The molecule has 0 saturated carbocycles. The summed E-state index contributed by atoms with van der Waals surface area (Å²) in [6, 6.07) is 20.9. The summed E-state index contributed by atoms with van der Waals surface area (Å²) < 4.78 is 2.20. The fourth-order valence-electron chi connectivity index (χ4n) is 4.17. The number of phenolic OH excluding ortho intramolecular Hbond substituents is 1. The lowest BCUT2D eigenvalue weighted by Gasteiger charge is -2.29. The molecule has 2 N–H and O–H groups in total. The first-order valence-electron chi connectivity index (χ1n) is 10.0. The molecule has 1 aliphatic heterocycles. The van der Waals surface area contributed by atoms with Crippen molar-refractivity contribution >= 4 is 23.0 Å². The van der Waals surface area contributed by atoms with Gasteiger partial charge in [-0.05, 0) is 79.8 Å². The van der Waals surface area contributed by atoms with Gasteiger partial charge in [0.25, 0.3) is 0 Å². The Bertz CT molecular complexity index is 1210. The van der Waals surface area contributed by atoms with Gasteiger partial charge in [-0.15, -0.1) is 0 Å². The van der Waals surface area contributed by atoms with Gasteiger partial charge in [0.2, 0.25) is 0 Å². The molecule has 4 aromatic rings. The number of rotatable bonds is 4. The Labute approximate surface area is 185 Å². The summed E-state index contributed by atoms with van der Waals surface area (Å²) in [6.07, 6.45) is 5.43. The van der Waals surface area contributed by atoms with E-state index >= 15 is 0 Å². The maximum Gasteiger partial charge on any atom is 0.174 e. The Hall–Kier alpha value is -3.71. The zero-order chi connectivity index (χ0) is 21.4. The lowest BCUT2D eigenvalue weighted by atomic mass is 10.0. The molecule has 2 unspecified atom stereocenters. The number of aromatic hydroxyl groups is 1. The van der Waals surface area contributed by atoms with E-state index in [1.807, 2.05) is 48.7 Å². The summed E-state index contributed by atoms with van der Waals surface area (Å²) in [6.45, 7) is 2.08. The molecule has 0 bridgehead atoms. The minimum absolute atomic E-state index is 0.146. The van der Waals surface area contributed by atoms with Gasteiger partial charge >= 0.3 is 0 Å². The fourth-order valence-corrected chi connectivity index (χ4v) is 4.52. The lowest BCUT2D eigenvalue weighted by Crippen LogP contribution is -2.30. The third-order valence-electron chi connectivity index (χ3n) is 5.54. The number of hydrogen-bond acceptors (Lipinski definition) is 4. The third-order valence-corrected chi connectivity index (χ3v) is 5.85. The lowest BCUT2D eigenvalue weighted by molar-refractivity contribution is 0.475. The van der Waals surface area contributed by atoms with Crippen LogP contribution in [0.3, 0.4) is 0 Å². The van der Waals surface area contributed by atoms with E-state index in [1.165, 1.54) is 0 Å². The van der Waals surface area contributed by atoms with Gasteiger partial charge in [0.15, 0.2) is 5.11 Å². The monoisotopic (exact) mass is 427 g/mol. The van der Waals surface area contributed by atoms with Crippen molar-refractivity contribution in [3.63, 3.8) is 0 Å². The van der Waals surface area contributed by atoms with Crippen LogP contribution in [0.15, 0.2) is 85.3 Å². The average molecular weight is 428 g/mol. The molecular formula is C24H21N5OS. The number of aromatic nitrogens is 3. The predicted molar refractivity (Wildman–Crippen MR) is 124 cm³/mol. The van der Waals surface area contributed by atoms with Crippen molar-refractivity contribution in [2.24, 2.45) is 0 Å². The van der Waals surface area contributed by atoms with E-state index in [0.29, 0.717) is 5.11 Å². The molecule has 0 spiro atoms. The number of nitrogens with zero attached hydrogens (tertiary/aromatic N) is 4. The van der Waals surface area contributed by atoms with Gasteiger partial charge in [-0.1, -0.05) is 6.07 Å². The van der Waals surface area contributed by atoms with Crippen molar-refractivity contribution in [3.05, 3.63) is 102 Å². The number of pyridine rings is 2. The minimum Gasteiger partial charge on any atom is -0.508 e. The normalized spacial score (nSPS) is 18.2. The van der Waals surface area contributed by atoms with Crippen LogP contribution in [0.4, 0.5) is 5.69 Å². The number of aryl methyl sites for hydroxylation is 1. The molecule has 6 nitrogen and oxygen atoms in total. The molecule has 2 atom stereocenters. The van der Waals surface area contributed by atoms with Crippen molar-refractivity contribution < 1.29 is 5.11 Å². The van der Waals surface area contributed by atoms with Gasteiger partial charge < -0.3 is 19.9 Å². The number of hydrogen-bond donors (Lipinski definition) is 2. The number of anilines is 1. The van der Waals surface area contributed by atoms with Crippen LogP contribution in [0, 0.1) is 6.92 Å². The second-order valence-electron chi connectivity index (χ2n) is 7.46. The molecule has 7 heteroatoms. The third kappa shape index (κ3) is 3.43. The van der Waals surface area contributed by atoms with E-state index in [2.05, 4.69) is 43.8 Å². The molecule has 1 aromatic carbocycles. The summed E-state index contributed by atoms with van der Waals surface area (Å²) in [5.74, 6) is 0.217. The van der Waals surface area contributed by atoms with E-state index in [1.54, 1.807) is 24.5 Å². The molecule has 4 heterocycles. The van der Waals surface area contributed by atoms with E-state index in [4.69, 9.17) is 12.2 Å². The van der Waals surface area contributed by atoms with Crippen LogP contribution in [-0.2, 0) is 0 Å². The maximum atomic E-state index is 9.79. The van der Waals surface area contributed by atoms with Gasteiger partial charge in [-0.25, -0.2) is 0 Å². The topological polar surface area (TPSA) is 66.2 Å². The summed E-state index contributed by atoms with van der Waals surface area (Å²) >= 11 is 5.78. The van der Waals surface area contributed by atoms with Gasteiger partial charge in [0.05, 0.1) is 23.6 Å². The highest BCUT2D eigenvalue weighted by molar-refractivity contribution is 7.80. The van der Waals surface area contributed by atoms with Crippen molar-refractivity contribution in [2.45, 2.75) is 19.0 Å². The molecule has 1 fully saturated rings.